The van der Waals surface area contributed by atoms with Crippen molar-refractivity contribution < 1.29 is 28.3 Å². The number of imide groups is 1. The van der Waals surface area contributed by atoms with Crippen molar-refractivity contribution in [2.24, 2.45) is 0 Å². The third-order valence-corrected chi connectivity index (χ3v) is 6.88. The molecule has 0 unspecified atom stereocenters. The standard InChI is InChI=1S/C24H26FN5O5/c25-15-8-10-16(11-9-15)29-18-7-3-2-6-17(18)20(28-29)21(32)35-14-19(31)27-30-22(33)24(26-23(30)34)12-4-1-5-13-24/h8-11H,1-7,12-14H2,(H,26,34)(H,27,31). The zero-order valence-electron chi connectivity index (χ0n) is 19.1. The third-order valence-electron chi connectivity index (χ3n) is 6.88. The number of nitrogens with one attached hydrogen (secondary N) is 2. The molecule has 1 spiro atoms. The molecular formula is C24H26FN5O5. The van der Waals surface area contributed by atoms with E-state index in [1.165, 1.54) is 12.1 Å². The average Bonchev–Trinajstić information content (AvgIpc) is 3.35. The molecule has 3 aliphatic rings. The van der Waals surface area contributed by atoms with Gasteiger partial charge >= 0.3 is 12.0 Å². The van der Waals surface area contributed by atoms with E-state index >= 15 is 0 Å². The van der Waals surface area contributed by atoms with Crippen LogP contribution in [0.4, 0.5) is 9.18 Å². The predicted octanol–water partition coefficient (Wildman–Crippen LogP) is 2.33. The molecule has 2 heterocycles. The normalized spacial score (nSPS) is 18.8. The summed E-state index contributed by atoms with van der Waals surface area (Å²) in [6, 6.07) is 5.11. The lowest BCUT2D eigenvalue weighted by Crippen LogP contribution is -2.51. The Balaban J connectivity index is 1.26. The molecule has 184 valence electrons. The molecule has 1 aliphatic heterocycles. The van der Waals surface area contributed by atoms with Gasteiger partial charge in [-0.1, -0.05) is 19.3 Å². The Morgan fingerprint density at radius 3 is 2.51 bits per heavy atom. The number of hydrogen-bond acceptors (Lipinski definition) is 6. The van der Waals surface area contributed by atoms with Crippen LogP contribution < -0.4 is 10.7 Å². The van der Waals surface area contributed by atoms with Gasteiger partial charge in [-0.2, -0.15) is 10.1 Å². The average molecular weight is 484 g/mol. The minimum atomic E-state index is -0.967. The van der Waals surface area contributed by atoms with Gasteiger partial charge in [0.2, 0.25) is 0 Å². The Bertz CT molecular complexity index is 1190. The number of esters is 1. The minimum Gasteiger partial charge on any atom is -0.451 e. The van der Waals surface area contributed by atoms with Gasteiger partial charge in [-0.15, -0.1) is 0 Å². The monoisotopic (exact) mass is 483 g/mol. The van der Waals surface area contributed by atoms with Crippen LogP contribution in [0.3, 0.4) is 0 Å². The molecule has 1 aromatic carbocycles. The number of nitrogens with zero attached hydrogens (tertiary/aromatic N) is 3. The van der Waals surface area contributed by atoms with Crippen LogP contribution in [-0.4, -0.2) is 50.7 Å². The molecule has 0 bridgehead atoms. The molecule has 2 aliphatic carbocycles. The molecule has 11 heteroatoms. The van der Waals surface area contributed by atoms with Gasteiger partial charge in [0.15, 0.2) is 12.3 Å². The van der Waals surface area contributed by atoms with Crippen LogP contribution in [-0.2, 0) is 27.2 Å². The highest BCUT2D eigenvalue weighted by Gasteiger charge is 2.52. The van der Waals surface area contributed by atoms with E-state index in [0.29, 0.717) is 36.4 Å². The fourth-order valence-corrected chi connectivity index (χ4v) is 5.13. The van der Waals surface area contributed by atoms with Crippen molar-refractivity contribution in [2.45, 2.75) is 63.3 Å². The van der Waals surface area contributed by atoms with Crippen molar-refractivity contribution in [1.29, 1.82) is 0 Å². The summed E-state index contributed by atoms with van der Waals surface area (Å²) in [5.74, 6) is -2.45. The summed E-state index contributed by atoms with van der Waals surface area (Å²) in [6.07, 6.45) is 6.86. The summed E-state index contributed by atoms with van der Waals surface area (Å²) in [4.78, 5) is 50.3. The zero-order valence-corrected chi connectivity index (χ0v) is 19.1. The summed E-state index contributed by atoms with van der Waals surface area (Å²) < 4.78 is 20.2. The molecule has 0 radical (unpaired) electrons. The molecule has 1 saturated heterocycles. The van der Waals surface area contributed by atoms with E-state index in [-0.39, 0.29) is 11.5 Å². The summed E-state index contributed by atoms with van der Waals surface area (Å²) in [5, 5.41) is 7.79. The number of rotatable bonds is 5. The Labute approximate surface area is 200 Å². The fraction of sp³-hybridized carbons (Fsp3) is 0.458. The molecule has 2 aromatic rings. The number of amides is 4. The lowest BCUT2D eigenvalue weighted by Gasteiger charge is -2.30. The molecule has 2 fully saturated rings. The highest BCUT2D eigenvalue weighted by Crippen LogP contribution is 2.33. The van der Waals surface area contributed by atoms with Gasteiger partial charge in [0.25, 0.3) is 11.8 Å². The second-order valence-corrected chi connectivity index (χ2v) is 9.19. The third kappa shape index (κ3) is 4.26. The number of aromatic nitrogens is 2. The van der Waals surface area contributed by atoms with Crippen LogP contribution in [0.1, 0.15) is 66.7 Å². The molecule has 0 atom stereocenters. The number of benzene rings is 1. The maximum Gasteiger partial charge on any atom is 0.359 e. The first kappa shape index (κ1) is 23.0. The van der Waals surface area contributed by atoms with Crippen molar-refractivity contribution in [1.82, 2.24) is 25.5 Å². The number of hydrazine groups is 1. The largest absolute Gasteiger partial charge is 0.451 e. The highest BCUT2D eigenvalue weighted by molar-refractivity contribution is 6.08. The van der Waals surface area contributed by atoms with Gasteiger partial charge in [0.05, 0.1) is 5.69 Å². The van der Waals surface area contributed by atoms with Crippen LogP contribution in [0.5, 0.6) is 0 Å². The van der Waals surface area contributed by atoms with E-state index in [1.54, 1.807) is 16.8 Å². The summed E-state index contributed by atoms with van der Waals surface area (Å²) in [5.41, 5.74) is 3.62. The fourth-order valence-electron chi connectivity index (χ4n) is 5.13. The molecule has 4 amide bonds. The second-order valence-electron chi connectivity index (χ2n) is 9.19. The lowest BCUT2D eigenvalue weighted by atomic mass is 9.82. The van der Waals surface area contributed by atoms with Crippen molar-refractivity contribution in [3.05, 3.63) is 47.0 Å². The van der Waals surface area contributed by atoms with E-state index < -0.39 is 36.0 Å². The number of urea groups is 1. The van der Waals surface area contributed by atoms with Gasteiger partial charge in [-0.05, 0) is 62.8 Å². The van der Waals surface area contributed by atoms with E-state index in [9.17, 15) is 23.6 Å². The highest BCUT2D eigenvalue weighted by atomic mass is 19.1. The van der Waals surface area contributed by atoms with Gasteiger partial charge in [0.1, 0.15) is 11.4 Å². The van der Waals surface area contributed by atoms with Crippen LogP contribution >= 0.6 is 0 Å². The molecule has 2 N–H and O–H groups in total. The van der Waals surface area contributed by atoms with E-state index in [1.807, 2.05) is 0 Å². The first-order valence-corrected chi connectivity index (χ1v) is 11.9. The number of hydrogen-bond donors (Lipinski definition) is 2. The number of fused-ring (bicyclic) bond motifs is 1. The molecule has 1 aromatic heterocycles. The number of carbonyl (C=O) groups is 4. The van der Waals surface area contributed by atoms with Crippen molar-refractivity contribution in [2.75, 3.05) is 6.61 Å². The Morgan fingerprint density at radius 2 is 1.77 bits per heavy atom. The maximum absolute atomic E-state index is 13.4. The Hall–Kier alpha value is -3.76. The smallest absolute Gasteiger partial charge is 0.359 e. The Kier molecular flexibility index (Phi) is 6.00. The minimum absolute atomic E-state index is 0.105. The van der Waals surface area contributed by atoms with E-state index in [4.69, 9.17) is 4.74 Å². The quantitative estimate of drug-likeness (QED) is 0.497. The van der Waals surface area contributed by atoms with Crippen molar-refractivity contribution in [3.8, 4) is 5.69 Å². The van der Waals surface area contributed by atoms with Crippen molar-refractivity contribution >= 4 is 23.8 Å². The Morgan fingerprint density at radius 1 is 1.06 bits per heavy atom. The van der Waals surface area contributed by atoms with Crippen molar-refractivity contribution in [3.63, 3.8) is 0 Å². The number of halogens is 1. The number of ether oxygens (including phenoxy) is 1. The van der Waals surface area contributed by atoms with Gasteiger partial charge in [-0.3, -0.25) is 15.0 Å². The summed E-state index contributed by atoms with van der Waals surface area (Å²) >= 11 is 0. The second kappa shape index (κ2) is 9.12. The molecule has 5 rings (SSSR count). The van der Waals surface area contributed by atoms with E-state index in [2.05, 4.69) is 15.8 Å². The molecule has 35 heavy (non-hydrogen) atoms. The van der Waals surface area contributed by atoms with Crippen LogP contribution in [0.15, 0.2) is 24.3 Å². The summed E-state index contributed by atoms with van der Waals surface area (Å²) in [7, 11) is 0. The van der Waals surface area contributed by atoms with Gasteiger partial charge < -0.3 is 10.1 Å². The van der Waals surface area contributed by atoms with Crippen LogP contribution in [0, 0.1) is 5.82 Å². The van der Waals surface area contributed by atoms with E-state index in [0.717, 1.165) is 43.4 Å². The molecular weight excluding hydrogens is 457 g/mol. The SMILES string of the molecule is O=C(COC(=O)c1nn(-c2ccc(F)cc2)c2c1CCCC2)NN1C(=O)NC2(CCCCC2)C1=O. The summed E-state index contributed by atoms with van der Waals surface area (Å²) in [6.45, 7) is -0.679. The lowest BCUT2D eigenvalue weighted by molar-refractivity contribution is -0.140. The topological polar surface area (TPSA) is 123 Å². The first-order valence-electron chi connectivity index (χ1n) is 11.9. The van der Waals surface area contributed by atoms with Crippen LogP contribution in [0.2, 0.25) is 0 Å². The predicted molar refractivity (Wildman–Crippen MR) is 120 cm³/mol. The first-order chi connectivity index (χ1) is 16.9. The molecule has 1 saturated carbocycles. The number of carbonyl (C=O) groups excluding carboxylic acids is 4. The van der Waals surface area contributed by atoms with Crippen LogP contribution in [0.25, 0.3) is 5.69 Å². The zero-order chi connectivity index (χ0) is 24.6. The van der Waals surface area contributed by atoms with Gasteiger partial charge in [-0.25, -0.2) is 18.7 Å². The van der Waals surface area contributed by atoms with Gasteiger partial charge in [0, 0.05) is 11.3 Å². The molecule has 10 nitrogen and oxygen atoms in total. The maximum atomic E-state index is 13.4.